The molecule has 2 rings (SSSR count). The molecular formula is C24H32N4O5. The lowest BCUT2D eigenvalue weighted by Crippen LogP contribution is -2.51. The van der Waals surface area contributed by atoms with Gasteiger partial charge in [0.1, 0.15) is 6.04 Å². The van der Waals surface area contributed by atoms with E-state index in [1.807, 2.05) is 57.2 Å². The Morgan fingerprint density at radius 2 is 1.42 bits per heavy atom. The van der Waals surface area contributed by atoms with Crippen molar-refractivity contribution in [2.24, 2.45) is 0 Å². The second kappa shape index (κ2) is 12.1. The van der Waals surface area contributed by atoms with Crippen LogP contribution in [0.15, 0.2) is 48.5 Å². The molecular weight excluding hydrogens is 424 g/mol. The van der Waals surface area contributed by atoms with Gasteiger partial charge < -0.3 is 21.1 Å². The van der Waals surface area contributed by atoms with Crippen molar-refractivity contribution < 1.29 is 24.7 Å². The number of anilines is 1. The van der Waals surface area contributed by atoms with Gasteiger partial charge in [0, 0.05) is 23.2 Å². The van der Waals surface area contributed by atoms with Gasteiger partial charge in [-0.3, -0.25) is 19.6 Å². The number of rotatable bonds is 10. The van der Waals surface area contributed by atoms with Crippen molar-refractivity contribution in [3.63, 3.8) is 0 Å². The molecule has 3 amide bonds. The van der Waals surface area contributed by atoms with Gasteiger partial charge >= 0.3 is 0 Å². The van der Waals surface area contributed by atoms with Gasteiger partial charge in [-0.25, -0.2) is 5.48 Å². The summed E-state index contributed by atoms with van der Waals surface area (Å²) in [7, 11) is 0. The maximum atomic E-state index is 12.4. The highest BCUT2D eigenvalue weighted by Crippen LogP contribution is 2.25. The Morgan fingerprint density at radius 3 is 1.91 bits per heavy atom. The molecule has 2 aromatic rings. The van der Waals surface area contributed by atoms with Crippen LogP contribution in [0.1, 0.15) is 55.1 Å². The Bertz CT molecular complexity index is 942. The summed E-state index contributed by atoms with van der Waals surface area (Å²) in [5.74, 6) is -1.51. The number of aliphatic hydroxyl groups is 1. The lowest BCUT2D eigenvalue weighted by Gasteiger charge is -2.19. The molecule has 6 N–H and O–H groups in total. The summed E-state index contributed by atoms with van der Waals surface area (Å²) in [5.41, 5.74) is 4.48. The second-order valence-corrected chi connectivity index (χ2v) is 8.22. The Morgan fingerprint density at radius 1 is 0.879 bits per heavy atom. The van der Waals surface area contributed by atoms with Crippen LogP contribution in [0.2, 0.25) is 0 Å². The molecule has 3 atom stereocenters. The van der Waals surface area contributed by atoms with Gasteiger partial charge in [-0.05, 0) is 42.3 Å². The zero-order chi connectivity index (χ0) is 24.5. The first kappa shape index (κ1) is 26.0. The van der Waals surface area contributed by atoms with Crippen LogP contribution in [0, 0.1) is 0 Å². The van der Waals surface area contributed by atoms with Crippen molar-refractivity contribution in [3.8, 4) is 0 Å². The normalized spacial score (nSPS) is 13.7. The summed E-state index contributed by atoms with van der Waals surface area (Å²) in [5, 5.41) is 26.7. The van der Waals surface area contributed by atoms with E-state index in [2.05, 4.69) is 16.0 Å². The quantitative estimate of drug-likeness (QED) is 0.238. The SMILES string of the molecule is CC(C)NCC(=O)Nc1ccc(C(C)c2ccc(C(=O)N[C@H](C(=O)NO)[C@@H](C)O)cc2)cc1. The molecule has 0 bridgehead atoms. The van der Waals surface area contributed by atoms with Crippen molar-refractivity contribution in [2.75, 3.05) is 11.9 Å². The molecule has 0 aliphatic heterocycles. The van der Waals surface area contributed by atoms with Crippen molar-refractivity contribution in [1.82, 2.24) is 16.1 Å². The number of hydrogen-bond donors (Lipinski definition) is 6. The van der Waals surface area contributed by atoms with Crippen LogP contribution in [0.4, 0.5) is 5.69 Å². The number of hydroxylamine groups is 1. The van der Waals surface area contributed by atoms with E-state index in [0.29, 0.717) is 11.3 Å². The number of benzene rings is 2. The van der Waals surface area contributed by atoms with Crippen molar-refractivity contribution in [2.45, 2.75) is 51.8 Å². The number of carbonyl (C=O) groups excluding carboxylic acids is 3. The van der Waals surface area contributed by atoms with Crippen LogP contribution in [-0.2, 0) is 9.59 Å². The smallest absolute Gasteiger partial charge is 0.268 e. The summed E-state index contributed by atoms with van der Waals surface area (Å²) in [6.07, 6.45) is -1.18. The second-order valence-electron chi connectivity index (χ2n) is 8.22. The molecule has 0 aromatic heterocycles. The average molecular weight is 457 g/mol. The fourth-order valence-electron chi connectivity index (χ4n) is 3.17. The van der Waals surface area contributed by atoms with Crippen molar-refractivity contribution >= 4 is 23.4 Å². The van der Waals surface area contributed by atoms with Crippen LogP contribution >= 0.6 is 0 Å². The fraction of sp³-hybridized carbons (Fsp3) is 0.375. The molecule has 0 radical (unpaired) electrons. The van der Waals surface area contributed by atoms with Gasteiger partial charge in [0.15, 0.2) is 0 Å². The maximum Gasteiger partial charge on any atom is 0.268 e. The Balaban J connectivity index is 2.01. The Hall–Kier alpha value is -3.27. The molecule has 0 saturated carbocycles. The highest BCUT2D eigenvalue weighted by Gasteiger charge is 2.25. The van der Waals surface area contributed by atoms with Crippen molar-refractivity contribution in [1.29, 1.82) is 0 Å². The molecule has 2 aromatic carbocycles. The predicted molar refractivity (Wildman–Crippen MR) is 125 cm³/mol. The Labute approximate surface area is 193 Å². The molecule has 9 heteroatoms. The number of aliphatic hydroxyl groups excluding tert-OH is 1. The molecule has 0 spiro atoms. The molecule has 0 aliphatic rings. The minimum atomic E-state index is -1.28. The van der Waals surface area contributed by atoms with E-state index in [1.165, 1.54) is 12.4 Å². The van der Waals surface area contributed by atoms with Gasteiger partial charge in [0.2, 0.25) is 5.91 Å². The third kappa shape index (κ3) is 7.67. The minimum absolute atomic E-state index is 0.0415. The fourth-order valence-corrected chi connectivity index (χ4v) is 3.17. The first-order valence-electron chi connectivity index (χ1n) is 10.8. The first-order valence-corrected chi connectivity index (χ1v) is 10.8. The van der Waals surface area contributed by atoms with E-state index in [4.69, 9.17) is 5.21 Å². The number of nitrogens with one attached hydrogen (secondary N) is 4. The number of amides is 3. The number of carbonyl (C=O) groups is 3. The summed E-state index contributed by atoms with van der Waals surface area (Å²) in [4.78, 5) is 36.0. The number of hydrogen-bond acceptors (Lipinski definition) is 6. The average Bonchev–Trinajstić information content (AvgIpc) is 2.80. The summed E-state index contributed by atoms with van der Waals surface area (Å²) < 4.78 is 0. The summed E-state index contributed by atoms with van der Waals surface area (Å²) in [6.45, 7) is 7.57. The monoisotopic (exact) mass is 456 g/mol. The van der Waals surface area contributed by atoms with E-state index in [-0.39, 0.29) is 24.4 Å². The third-order valence-corrected chi connectivity index (χ3v) is 5.20. The molecule has 178 valence electrons. The minimum Gasteiger partial charge on any atom is -0.391 e. The van der Waals surface area contributed by atoms with Gasteiger partial charge in [-0.1, -0.05) is 45.0 Å². The lowest BCUT2D eigenvalue weighted by atomic mass is 9.92. The largest absolute Gasteiger partial charge is 0.391 e. The van der Waals surface area contributed by atoms with Crippen LogP contribution in [0.25, 0.3) is 0 Å². The first-order chi connectivity index (χ1) is 15.6. The summed E-state index contributed by atoms with van der Waals surface area (Å²) in [6, 6.07) is 13.4. The topological polar surface area (TPSA) is 140 Å². The van der Waals surface area contributed by atoms with Gasteiger partial charge in [-0.2, -0.15) is 0 Å². The zero-order valence-corrected chi connectivity index (χ0v) is 19.3. The van der Waals surface area contributed by atoms with Gasteiger partial charge in [0.25, 0.3) is 11.8 Å². The van der Waals surface area contributed by atoms with E-state index in [0.717, 1.165) is 11.1 Å². The highest BCUT2D eigenvalue weighted by atomic mass is 16.5. The third-order valence-electron chi connectivity index (χ3n) is 5.20. The standard InChI is InChI=1S/C24H32N4O5/c1-14(2)25-13-21(30)26-20-11-9-18(10-12-20)15(3)17-5-7-19(8-6-17)23(31)27-22(16(4)29)24(32)28-33/h5-12,14-16,22,25,29,33H,13H2,1-4H3,(H,26,30)(H,27,31)(H,28,32)/t15?,16-,22+/m1/s1. The van der Waals surface area contributed by atoms with E-state index in [1.54, 1.807) is 12.1 Å². The van der Waals surface area contributed by atoms with E-state index >= 15 is 0 Å². The zero-order valence-electron chi connectivity index (χ0n) is 19.3. The highest BCUT2D eigenvalue weighted by molar-refractivity contribution is 5.97. The molecule has 0 fully saturated rings. The molecule has 0 heterocycles. The Kier molecular flexibility index (Phi) is 9.53. The van der Waals surface area contributed by atoms with Crippen LogP contribution in [-0.4, -0.2) is 52.8 Å². The summed E-state index contributed by atoms with van der Waals surface area (Å²) >= 11 is 0. The van der Waals surface area contributed by atoms with Crippen LogP contribution in [0.5, 0.6) is 0 Å². The maximum absolute atomic E-state index is 12.4. The predicted octanol–water partition coefficient (Wildman–Crippen LogP) is 1.76. The molecule has 1 unspecified atom stereocenters. The molecule has 33 heavy (non-hydrogen) atoms. The van der Waals surface area contributed by atoms with Crippen LogP contribution in [0.3, 0.4) is 0 Å². The van der Waals surface area contributed by atoms with E-state index < -0.39 is 24.0 Å². The van der Waals surface area contributed by atoms with Crippen LogP contribution < -0.4 is 21.4 Å². The lowest BCUT2D eigenvalue weighted by molar-refractivity contribution is -0.133. The molecule has 0 saturated heterocycles. The molecule has 0 aliphatic carbocycles. The van der Waals surface area contributed by atoms with E-state index in [9.17, 15) is 19.5 Å². The van der Waals surface area contributed by atoms with Gasteiger partial charge in [-0.15, -0.1) is 0 Å². The van der Waals surface area contributed by atoms with Crippen molar-refractivity contribution in [3.05, 3.63) is 65.2 Å². The van der Waals surface area contributed by atoms with Gasteiger partial charge in [0.05, 0.1) is 12.6 Å². The molecule has 9 nitrogen and oxygen atoms in total.